The average Bonchev–Trinajstić information content (AvgIpc) is 2.24. The summed E-state index contributed by atoms with van der Waals surface area (Å²) in [5, 5.41) is 10.7. The molecule has 1 aromatic carbocycles. The number of halogens is 3. The van der Waals surface area contributed by atoms with Crippen molar-refractivity contribution in [2.75, 3.05) is 0 Å². The van der Waals surface area contributed by atoms with Crippen molar-refractivity contribution in [1.29, 1.82) is 0 Å². The van der Waals surface area contributed by atoms with Crippen LogP contribution in [0.15, 0.2) is 30.3 Å². The van der Waals surface area contributed by atoms with Crippen LogP contribution < -0.4 is 5.32 Å². The maximum atomic E-state index is 12.0. The van der Waals surface area contributed by atoms with Crippen molar-refractivity contribution < 1.29 is 27.9 Å². The van der Waals surface area contributed by atoms with Crippen LogP contribution in [0.5, 0.6) is 0 Å². The molecular weight excluding hydrogens is 251 g/mol. The van der Waals surface area contributed by atoms with E-state index in [1.807, 2.05) is 5.32 Å². The van der Waals surface area contributed by atoms with Crippen LogP contribution in [0.1, 0.15) is 18.0 Å². The summed E-state index contributed by atoms with van der Waals surface area (Å²) in [6.45, 7) is 0. The molecule has 1 aromatic rings. The Morgan fingerprint density at radius 2 is 1.78 bits per heavy atom. The predicted molar refractivity (Wildman–Crippen MR) is 55.6 cm³/mol. The second-order valence-corrected chi connectivity index (χ2v) is 3.54. The van der Waals surface area contributed by atoms with E-state index in [0.29, 0.717) is 0 Å². The second kappa shape index (κ2) is 5.52. The van der Waals surface area contributed by atoms with E-state index in [0.717, 1.165) is 0 Å². The van der Waals surface area contributed by atoms with Crippen molar-refractivity contribution in [3.05, 3.63) is 35.9 Å². The Morgan fingerprint density at radius 3 is 2.22 bits per heavy atom. The normalized spacial score (nSPS) is 12.8. The number of carbonyl (C=O) groups is 2. The number of aliphatic carboxylic acids is 1. The quantitative estimate of drug-likeness (QED) is 0.869. The summed E-state index contributed by atoms with van der Waals surface area (Å²) in [5.74, 6) is -2.80. The van der Waals surface area contributed by atoms with Gasteiger partial charge in [-0.05, 0) is 5.56 Å². The summed E-state index contributed by atoms with van der Waals surface area (Å²) >= 11 is 0. The highest BCUT2D eigenvalue weighted by molar-refractivity contribution is 5.84. The topological polar surface area (TPSA) is 66.4 Å². The van der Waals surface area contributed by atoms with Crippen LogP contribution in [0.25, 0.3) is 0 Å². The molecule has 0 aliphatic heterocycles. The molecule has 7 heteroatoms. The van der Waals surface area contributed by atoms with E-state index >= 15 is 0 Å². The monoisotopic (exact) mass is 261 g/mol. The number of alkyl halides is 3. The summed E-state index contributed by atoms with van der Waals surface area (Å²) in [5.41, 5.74) is 0.209. The predicted octanol–water partition coefficient (Wildman–Crippen LogP) is 1.88. The zero-order valence-corrected chi connectivity index (χ0v) is 9.07. The maximum Gasteiger partial charge on any atom is 0.397 e. The van der Waals surface area contributed by atoms with Crippen LogP contribution in [0, 0.1) is 0 Å². The third-order valence-corrected chi connectivity index (χ3v) is 2.05. The average molecular weight is 261 g/mol. The number of benzene rings is 1. The molecule has 0 aliphatic rings. The summed E-state index contributed by atoms with van der Waals surface area (Å²) in [7, 11) is 0. The van der Waals surface area contributed by atoms with Gasteiger partial charge in [0.2, 0.25) is 5.91 Å². The highest BCUT2D eigenvalue weighted by atomic mass is 19.4. The van der Waals surface area contributed by atoms with Gasteiger partial charge in [-0.15, -0.1) is 0 Å². The van der Waals surface area contributed by atoms with Gasteiger partial charge in [-0.1, -0.05) is 30.3 Å². The molecule has 0 fully saturated rings. The van der Waals surface area contributed by atoms with Crippen LogP contribution in [-0.4, -0.2) is 23.2 Å². The van der Waals surface area contributed by atoms with E-state index in [9.17, 15) is 22.8 Å². The van der Waals surface area contributed by atoms with Gasteiger partial charge in [0, 0.05) is 0 Å². The van der Waals surface area contributed by atoms with E-state index in [-0.39, 0.29) is 5.56 Å². The lowest BCUT2D eigenvalue weighted by atomic mass is 10.1. The van der Waals surface area contributed by atoms with Gasteiger partial charge in [-0.2, -0.15) is 13.2 Å². The van der Waals surface area contributed by atoms with E-state index < -0.39 is 30.5 Å². The summed E-state index contributed by atoms with van der Waals surface area (Å²) in [6.07, 6.45) is -6.37. The van der Waals surface area contributed by atoms with E-state index in [4.69, 9.17) is 5.11 Å². The third-order valence-electron chi connectivity index (χ3n) is 2.05. The van der Waals surface area contributed by atoms with Crippen LogP contribution in [-0.2, 0) is 9.59 Å². The number of rotatable bonds is 4. The molecular formula is C11H10F3NO3. The first kappa shape index (κ1) is 14.0. The Labute approximate surface area is 100 Å². The molecule has 0 radical (unpaired) electrons. The Kier molecular flexibility index (Phi) is 4.30. The molecule has 1 amide bonds. The van der Waals surface area contributed by atoms with Crippen molar-refractivity contribution >= 4 is 11.9 Å². The minimum absolute atomic E-state index is 0.209. The Bertz CT molecular complexity index is 431. The van der Waals surface area contributed by atoms with Gasteiger partial charge in [-0.25, -0.2) is 4.79 Å². The highest BCUT2D eigenvalue weighted by Gasteiger charge is 2.33. The Morgan fingerprint density at radius 1 is 1.22 bits per heavy atom. The molecule has 0 aliphatic carbocycles. The summed E-state index contributed by atoms with van der Waals surface area (Å²) < 4.78 is 35.9. The van der Waals surface area contributed by atoms with Gasteiger partial charge in [0.05, 0.1) is 0 Å². The summed E-state index contributed by atoms with van der Waals surface area (Å²) in [4.78, 5) is 22.0. The minimum Gasteiger partial charge on any atom is -0.479 e. The smallest absolute Gasteiger partial charge is 0.397 e. The van der Waals surface area contributed by atoms with Gasteiger partial charge < -0.3 is 10.4 Å². The molecule has 0 aromatic heterocycles. The van der Waals surface area contributed by atoms with Crippen molar-refractivity contribution in [1.82, 2.24) is 5.32 Å². The van der Waals surface area contributed by atoms with Gasteiger partial charge >= 0.3 is 12.1 Å². The molecule has 2 N–H and O–H groups in total. The zero-order chi connectivity index (χ0) is 13.8. The SMILES string of the molecule is O=C(CC(F)(F)F)NC(C(=O)O)c1ccccc1. The maximum absolute atomic E-state index is 12.0. The fraction of sp³-hybridized carbons (Fsp3) is 0.273. The van der Waals surface area contributed by atoms with Crippen molar-refractivity contribution in [3.8, 4) is 0 Å². The fourth-order valence-corrected chi connectivity index (χ4v) is 1.33. The number of nitrogens with one attached hydrogen (secondary N) is 1. The van der Waals surface area contributed by atoms with Crippen molar-refractivity contribution in [2.45, 2.75) is 18.6 Å². The van der Waals surface area contributed by atoms with E-state index in [1.54, 1.807) is 6.07 Å². The van der Waals surface area contributed by atoms with Crippen LogP contribution in [0.2, 0.25) is 0 Å². The van der Waals surface area contributed by atoms with Gasteiger partial charge in [0.25, 0.3) is 0 Å². The lowest BCUT2D eigenvalue weighted by Crippen LogP contribution is -2.36. The van der Waals surface area contributed by atoms with Gasteiger partial charge in [-0.3, -0.25) is 4.79 Å². The number of carboxylic acids is 1. The molecule has 1 atom stereocenters. The lowest BCUT2D eigenvalue weighted by Gasteiger charge is -2.15. The molecule has 98 valence electrons. The number of carbonyl (C=O) groups excluding carboxylic acids is 1. The number of hydrogen-bond acceptors (Lipinski definition) is 2. The number of carboxylic acid groups (broad SMARTS) is 1. The minimum atomic E-state index is -4.66. The first-order valence-corrected chi connectivity index (χ1v) is 4.93. The van der Waals surface area contributed by atoms with Crippen molar-refractivity contribution in [2.24, 2.45) is 0 Å². The first-order chi connectivity index (χ1) is 8.29. The van der Waals surface area contributed by atoms with Crippen LogP contribution in [0.3, 0.4) is 0 Å². The van der Waals surface area contributed by atoms with E-state index in [2.05, 4.69) is 0 Å². The second-order valence-electron chi connectivity index (χ2n) is 3.54. The van der Waals surface area contributed by atoms with Gasteiger partial charge in [0.1, 0.15) is 6.42 Å². The Hall–Kier alpha value is -2.05. The molecule has 0 spiro atoms. The summed E-state index contributed by atoms with van der Waals surface area (Å²) in [6, 6.07) is 6.02. The number of amides is 1. The Balaban J connectivity index is 2.77. The highest BCUT2D eigenvalue weighted by Crippen LogP contribution is 2.20. The van der Waals surface area contributed by atoms with Crippen molar-refractivity contribution in [3.63, 3.8) is 0 Å². The standard InChI is InChI=1S/C11H10F3NO3/c12-11(13,14)6-8(16)15-9(10(17)18)7-4-2-1-3-5-7/h1-5,9H,6H2,(H,15,16)(H,17,18). The first-order valence-electron chi connectivity index (χ1n) is 4.93. The molecule has 4 nitrogen and oxygen atoms in total. The number of hydrogen-bond donors (Lipinski definition) is 2. The third kappa shape index (κ3) is 4.44. The molecule has 1 rings (SSSR count). The molecule has 0 saturated heterocycles. The fourth-order valence-electron chi connectivity index (χ4n) is 1.33. The largest absolute Gasteiger partial charge is 0.479 e. The lowest BCUT2D eigenvalue weighted by molar-refractivity contribution is -0.157. The van der Waals surface area contributed by atoms with Crippen LogP contribution >= 0.6 is 0 Å². The van der Waals surface area contributed by atoms with E-state index in [1.165, 1.54) is 24.3 Å². The zero-order valence-electron chi connectivity index (χ0n) is 9.07. The van der Waals surface area contributed by atoms with Gasteiger partial charge in [0.15, 0.2) is 6.04 Å². The molecule has 0 heterocycles. The molecule has 0 bridgehead atoms. The molecule has 18 heavy (non-hydrogen) atoms. The van der Waals surface area contributed by atoms with Crippen LogP contribution in [0.4, 0.5) is 13.2 Å². The molecule has 1 unspecified atom stereocenters. The molecule has 0 saturated carbocycles.